The van der Waals surface area contributed by atoms with Crippen LogP contribution in [0.4, 0.5) is 0 Å². The van der Waals surface area contributed by atoms with E-state index in [9.17, 15) is 5.26 Å². The molecule has 4 heteroatoms. The van der Waals surface area contributed by atoms with Gasteiger partial charge in [-0.3, -0.25) is 0 Å². The molecule has 7 aromatic carbocycles. The summed E-state index contributed by atoms with van der Waals surface area (Å²) in [7, 11) is 0. The fraction of sp³-hybridized carbons (Fsp3) is 0. The predicted molar refractivity (Wildman–Crippen MR) is 194 cm³/mol. The summed E-state index contributed by atoms with van der Waals surface area (Å²) in [4.78, 5) is 0. The number of para-hydroxylation sites is 5. The summed E-state index contributed by atoms with van der Waals surface area (Å²) in [6, 6.07) is 58.1. The van der Waals surface area contributed by atoms with Gasteiger partial charge in [0.15, 0.2) is 0 Å². The van der Waals surface area contributed by atoms with Crippen LogP contribution in [0.5, 0.6) is 0 Å². The van der Waals surface area contributed by atoms with E-state index in [-0.39, 0.29) is 0 Å². The molecule has 0 spiro atoms. The Morgan fingerprint density at radius 2 is 0.894 bits per heavy atom. The van der Waals surface area contributed by atoms with Gasteiger partial charge in [-0.1, -0.05) is 97.1 Å². The van der Waals surface area contributed by atoms with Crippen LogP contribution >= 0.6 is 0 Å². The largest absolute Gasteiger partial charge is 0.309 e. The molecule has 3 heterocycles. The molecule has 0 atom stereocenters. The molecule has 0 fully saturated rings. The molecule has 218 valence electrons. The Balaban J connectivity index is 1.45. The van der Waals surface area contributed by atoms with Gasteiger partial charge in [0.2, 0.25) is 0 Å². The molecule has 0 unspecified atom stereocenters. The molecule has 0 saturated heterocycles. The van der Waals surface area contributed by atoms with E-state index in [0.717, 1.165) is 49.9 Å². The van der Waals surface area contributed by atoms with Crippen molar-refractivity contribution in [3.8, 4) is 23.1 Å². The average Bonchev–Trinajstić information content (AvgIpc) is 3.78. The van der Waals surface area contributed by atoms with E-state index in [4.69, 9.17) is 0 Å². The summed E-state index contributed by atoms with van der Waals surface area (Å²) in [5, 5.41) is 17.3. The van der Waals surface area contributed by atoms with Gasteiger partial charge < -0.3 is 13.7 Å². The minimum Gasteiger partial charge on any atom is -0.309 e. The first-order valence-corrected chi connectivity index (χ1v) is 15.9. The van der Waals surface area contributed by atoms with Crippen LogP contribution < -0.4 is 0 Å². The smallest absolute Gasteiger partial charge is 0.0992 e. The Kier molecular flexibility index (Phi) is 5.32. The van der Waals surface area contributed by atoms with Gasteiger partial charge in [0.25, 0.3) is 0 Å². The summed E-state index contributed by atoms with van der Waals surface area (Å²) in [6.07, 6.45) is 0. The highest BCUT2D eigenvalue weighted by atomic mass is 15.1. The minimum absolute atomic E-state index is 0.633. The topological polar surface area (TPSA) is 38.6 Å². The number of nitriles is 1. The molecule has 0 aliphatic heterocycles. The molecule has 0 aliphatic carbocycles. The van der Waals surface area contributed by atoms with Gasteiger partial charge in [0.05, 0.1) is 50.4 Å². The Bertz CT molecular complexity index is 2900. The van der Waals surface area contributed by atoms with Crippen LogP contribution in [0.2, 0.25) is 0 Å². The average molecular weight is 599 g/mol. The van der Waals surface area contributed by atoms with Crippen molar-refractivity contribution in [2.24, 2.45) is 0 Å². The number of fused-ring (bicyclic) bond motifs is 10. The zero-order valence-corrected chi connectivity index (χ0v) is 25.3. The van der Waals surface area contributed by atoms with Crippen LogP contribution in [0.1, 0.15) is 5.56 Å². The van der Waals surface area contributed by atoms with Gasteiger partial charge in [-0.25, -0.2) is 0 Å². The lowest BCUT2D eigenvalue weighted by molar-refractivity contribution is 1.13. The molecule has 0 N–H and O–H groups in total. The fourth-order valence-electron chi connectivity index (χ4n) is 7.77. The van der Waals surface area contributed by atoms with Crippen LogP contribution in [0.15, 0.2) is 158 Å². The molecule has 0 saturated carbocycles. The first-order chi connectivity index (χ1) is 23.3. The SMILES string of the molecule is N#Cc1cc(-n2c3ccccc3c3c2ccc2c4ccccc4n(-c4ccccc4)c23)c2c(c1)c1ccccc1n2-c1ccccc1. The maximum absolute atomic E-state index is 10.4. The lowest BCUT2D eigenvalue weighted by Crippen LogP contribution is -2.01. The Labute approximate surface area is 270 Å². The van der Waals surface area contributed by atoms with Crippen LogP contribution in [0.25, 0.3) is 82.5 Å². The molecule has 0 aliphatic rings. The van der Waals surface area contributed by atoms with E-state index in [1.807, 2.05) is 6.07 Å². The number of nitrogens with zero attached hydrogens (tertiary/aromatic N) is 4. The highest BCUT2D eigenvalue weighted by molar-refractivity contribution is 6.26. The summed E-state index contributed by atoms with van der Waals surface area (Å²) < 4.78 is 7.13. The van der Waals surface area contributed by atoms with Gasteiger partial charge in [0, 0.05) is 43.7 Å². The lowest BCUT2D eigenvalue weighted by atomic mass is 10.1. The molecule has 10 rings (SSSR count). The van der Waals surface area contributed by atoms with Crippen LogP contribution in [-0.2, 0) is 0 Å². The zero-order chi connectivity index (χ0) is 31.1. The van der Waals surface area contributed by atoms with Crippen LogP contribution in [0, 0.1) is 11.3 Å². The van der Waals surface area contributed by atoms with Crippen molar-refractivity contribution in [1.82, 2.24) is 13.7 Å². The second-order valence-corrected chi connectivity index (χ2v) is 12.1. The molecule has 3 aromatic heterocycles. The normalized spacial score (nSPS) is 11.8. The molecule has 47 heavy (non-hydrogen) atoms. The second-order valence-electron chi connectivity index (χ2n) is 12.1. The first-order valence-electron chi connectivity index (χ1n) is 15.9. The molecule has 10 aromatic rings. The van der Waals surface area contributed by atoms with E-state index >= 15 is 0 Å². The molecule has 0 bridgehead atoms. The zero-order valence-electron chi connectivity index (χ0n) is 25.3. The second kappa shape index (κ2) is 9.71. The molecular formula is C43H26N4. The van der Waals surface area contributed by atoms with E-state index in [0.29, 0.717) is 5.56 Å². The quantitative estimate of drug-likeness (QED) is 0.199. The maximum Gasteiger partial charge on any atom is 0.0992 e. The number of benzene rings is 7. The highest BCUT2D eigenvalue weighted by Crippen LogP contribution is 2.44. The number of hydrogen-bond donors (Lipinski definition) is 0. The molecule has 0 amide bonds. The van der Waals surface area contributed by atoms with Gasteiger partial charge >= 0.3 is 0 Å². The first kappa shape index (κ1) is 25.7. The third-order valence-electron chi connectivity index (χ3n) is 9.62. The van der Waals surface area contributed by atoms with Crippen molar-refractivity contribution < 1.29 is 0 Å². The summed E-state index contributed by atoms with van der Waals surface area (Å²) in [6.45, 7) is 0. The van der Waals surface area contributed by atoms with Crippen molar-refractivity contribution in [3.05, 3.63) is 163 Å². The van der Waals surface area contributed by atoms with Crippen molar-refractivity contribution in [1.29, 1.82) is 5.26 Å². The predicted octanol–water partition coefficient (Wildman–Crippen LogP) is 10.8. The van der Waals surface area contributed by atoms with Gasteiger partial charge in [-0.15, -0.1) is 0 Å². The number of aromatic nitrogens is 3. The standard InChI is InChI=1S/C43H26N4/c44-27-28-25-35-32-18-8-11-21-37(32)45(29-13-3-1-4-14-29)42(35)40(26-28)47-38-22-12-9-19-34(38)41-39(47)24-23-33-31-17-7-10-20-36(31)46(43(33)41)30-15-5-2-6-16-30/h1-26H. The third kappa shape index (κ3) is 3.51. The minimum atomic E-state index is 0.633. The van der Waals surface area contributed by atoms with Crippen molar-refractivity contribution in [2.45, 2.75) is 0 Å². The van der Waals surface area contributed by atoms with E-state index in [2.05, 4.69) is 171 Å². The Morgan fingerprint density at radius 3 is 1.51 bits per heavy atom. The van der Waals surface area contributed by atoms with Crippen molar-refractivity contribution >= 4 is 65.4 Å². The van der Waals surface area contributed by atoms with E-state index < -0.39 is 0 Å². The summed E-state index contributed by atoms with van der Waals surface area (Å²) in [5.41, 5.74) is 10.6. The molecule has 0 radical (unpaired) electrons. The van der Waals surface area contributed by atoms with Gasteiger partial charge in [-0.2, -0.15) is 5.26 Å². The molecule has 4 nitrogen and oxygen atoms in total. The maximum atomic E-state index is 10.4. The lowest BCUT2D eigenvalue weighted by Gasteiger charge is -2.15. The highest BCUT2D eigenvalue weighted by Gasteiger charge is 2.24. The fourth-order valence-corrected chi connectivity index (χ4v) is 7.77. The van der Waals surface area contributed by atoms with Crippen LogP contribution in [0.3, 0.4) is 0 Å². The Morgan fingerprint density at radius 1 is 0.383 bits per heavy atom. The molecular weight excluding hydrogens is 573 g/mol. The summed E-state index contributed by atoms with van der Waals surface area (Å²) >= 11 is 0. The third-order valence-corrected chi connectivity index (χ3v) is 9.62. The number of rotatable bonds is 3. The van der Waals surface area contributed by atoms with E-state index in [1.54, 1.807) is 0 Å². The van der Waals surface area contributed by atoms with Crippen molar-refractivity contribution in [3.63, 3.8) is 0 Å². The van der Waals surface area contributed by atoms with E-state index in [1.165, 1.54) is 32.6 Å². The summed E-state index contributed by atoms with van der Waals surface area (Å²) in [5.74, 6) is 0. The van der Waals surface area contributed by atoms with Crippen LogP contribution in [-0.4, -0.2) is 13.7 Å². The number of hydrogen-bond acceptors (Lipinski definition) is 1. The van der Waals surface area contributed by atoms with Gasteiger partial charge in [0.1, 0.15) is 0 Å². The van der Waals surface area contributed by atoms with Crippen molar-refractivity contribution in [2.75, 3.05) is 0 Å². The monoisotopic (exact) mass is 598 g/mol. The van der Waals surface area contributed by atoms with Gasteiger partial charge in [-0.05, 0) is 60.7 Å². The Hall–Kier alpha value is -6.57.